The molecule has 1 amide bonds. The van der Waals surface area contributed by atoms with Crippen LogP contribution in [-0.2, 0) is 22.6 Å². The molecule has 0 fully saturated rings. The normalized spacial score (nSPS) is 11.7. The number of hydrogen-bond donors (Lipinski definition) is 1. The number of rotatable bonds is 7. The number of carbonyl (C=O) groups excluding carboxylic acids is 2. The Balaban J connectivity index is 1.68. The molecule has 8 heteroatoms. The molecule has 0 aliphatic rings. The summed E-state index contributed by atoms with van der Waals surface area (Å²) in [6.45, 7) is 1.47. The minimum absolute atomic E-state index is 0.114. The van der Waals surface area contributed by atoms with Crippen LogP contribution in [0.1, 0.15) is 27.9 Å². The van der Waals surface area contributed by atoms with Gasteiger partial charge in [-0.1, -0.05) is 30.3 Å². The average molecular weight is 355 g/mol. The molecule has 134 valence electrons. The van der Waals surface area contributed by atoms with Gasteiger partial charge in [0.05, 0.1) is 6.26 Å². The second-order valence-electron chi connectivity index (χ2n) is 5.52. The van der Waals surface area contributed by atoms with Crippen LogP contribution in [0.3, 0.4) is 0 Å². The van der Waals surface area contributed by atoms with Crippen molar-refractivity contribution in [2.24, 2.45) is 0 Å². The third-order valence-corrected chi connectivity index (χ3v) is 3.52. The number of hydrogen-bond acceptors (Lipinski definition) is 7. The third kappa shape index (κ3) is 4.56. The maximum absolute atomic E-state index is 12.5. The highest BCUT2D eigenvalue weighted by Gasteiger charge is 2.25. The summed E-state index contributed by atoms with van der Waals surface area (Å²) < 4.78 is 15.4. The number of furan rings is 1. The number of esters is 1. The number of ether oxygens (including phenoxy) is 1. The topological polar surface area (TPSA) is 107 Å². The lowest BCUT2D eigenvalue weighted by molar-refractivity contribution is -0.148. The summed E-state index contributed by atoms with van der Waals surface area (Å²) in [7, 11) is 0. The summed E-state index contributed by atoms with van der Waals surface area (Å²) in [6.07, 6.45) is 1.66. The van der Waals surface area contributed by atoms with E-state index in [2.05, 4.69) is 15.5 Å². The van der Waals surface area contributed by atoms with E-state index < -0.39 is 17.9 Å². The number of benzene rings is 1. The summed E-state index contributed by atoms with van der Waals surface area (Å²) in [5, 5.41) is 10.1. The van der Waals surface area contributed by atoms with Gasteiger partial charge in [0.25, 0.3) is 11.8 Å². The first-order valence-corrected chi connectivity index (χ1v) is 7.96. The molecule has 1 atom stereocenters. The van der Waals surface area contributed by atoms with Crippen LogP contribution < -0.4 is 5.32 Å². The van der Waals surface area contributed by atoms with E-state index in [1.807, 2.05) is 30.3 Å². The number of nitrogens with one attached hydrogen (secondary N) is 1. The van der Waals surface area contributed by atoms with Crippen LogP contribution in [0.4, 0.5) is 0 Å². The number of aryl methyl sites for hydroxylation is 1. The molecule has 8 nitrogen and oxygen atoms in total. The first kappa shape index (κ1) is 17.4. The maximum atomic E-state index is 12.5. The Morgan fingerprint density at radius 3 is 2.62 bits per heavy atom. The molecule has 3 rings (SSSR count). The van der Waals surface area contributed by atoms with Gasteiger partial charge in [0.2, 0.25) is 5.89 Å². The van der Waals surface area contributed by atoms with Crippen LogP contribution in [0.2, 0.25) is 0 Å². The van der Waals surface area contributed by atoms with Crippen molar-refractivity contribution >= 4 is 11.9 Å². The summed E-state index contributed by atoms with van der Waals surface area (Å²) in [5.41, 5.74) is 0.878. The highest BCUT2D eigenvalue weighted by Crippen LogP contribution is 2.08. The second-order valence-corrected chi connectivity index (χ2v) is 5.52. The molecule has 0 saturated heterocycles. The van der Waals surface area contributed by atoms with E-state index in [1.165, 1.54) is 12.3 Å². The van der Waals surface area contributed by atoms with Crippen molar-refractivity contribution in [2.75, 3.05) is 0 Å². The fourth-order valence-corrected chi connectivity index (χ4v) is 2.31. The standard InChI is InChI=1S/C18H17N3O5/c1-12-20-21-16(26-12)11-25-18(23)14(10-13-6-3-2-4-7-13)19-17(22)15-8-5-9-24-15/h2-9,14H,10-11H2,1H3,(H,19,22)/t14-/m1/s1. The maximum Gasteiger partial charge on any atom is 0.329 e. The molecule has 0 bridgehead atoms. The van der Waals surface area contributed by atoms with Gasteiger partial charge in [-0.2, -0.15) is 0 Å². The summed E-state index contributed by atoms with van der Waals surface area (Å²) in [4.78, 5) is 24.7. The van der Waals surface area contributed by atoms with Crippen LogP contribution >= 0.6 is 0 Å². The van der Waals surface area contributed by atoms with Gasteiger partial charge >= 0.3 is 5.97 Å². The van der Waals surface area contributed by atoms with Crippen molar-refractivity contribution in [2.45, 2.75) is 26.0 Å². The molecule has 26 heavy (non-hydrogen) atoms. The van der Waals surface area contributed by atoms with Crippen molar-refractivity contribution in [1.29, 1.82) is 0 Å². The van der Waals surface area contributed by atoms with E-state index >= 15 is 0 Å². The first-order valence-electron chi connectivity index (χ1n) is 7.96. The molecule has 0 radical (unpaired) electrons. The Morgan fingerprint density at radius 2 is 1.96 bits per heavy atom. The number of aromatic nitrogens is 2. The van der Waals surface area contributed by atoms with Gasteiger partial charge in [-0.25, -0.2) is 4.79 Å². The minimum atomic E-state index is -0.890. The Hall–Kier alpha value is -3.42. The highest BCUT2D eigenvalue weighted by molar-refractivity contribution is 5.94. The smallest absolute Gasteiger partial charge is 0.329 e. The van der Waals surface area contributed by atoms with E-state index in [-0.39, 0.29) is 24.7 Å². The summed E-state index contributed by atoms with van der Waals surface area (Å²) in [6, 6.07) is 11.5. The van der Waals surface area contributed by atoms with Crippen LogP contribution in [0.25, 0.3) is 0 Å². The molecular formula is C18H17N3O5. The zero-order chi connectivity index (χ0) is 18.4. The molecule has 0 saturated carbocycles. The number of carbonyl (C=O) groups is 2. The quantitative estimate of drug-likeness (QED) is 0.646. The van der Waals surface area contributed by atoms with E-state index in [0.717, 1.165) is 5.56 Å². The Morgan fingerprint density at radius 1 is 1.15 bits per heavy atom. The molecule has 1 aromatic carbocycles. The van der Waals surface area contributed by atoms with E-state index in [1.54, 1.807) is 13.0 Å². The predicted octanol–water partition coefficient (Wildman–Crippen LogP) is 2.06. The lowest BCUT2D eigenvalue weighted by Gasteiger charge is -2.16. The fraction of sp³-hybridized carbons (Fsp3) is 0.222. The number of nitrogens with zero attached hydrogens (tertiary/aromatic N) is 2. The number of amides is 1. The monoisotopic (exact) mass is 355 g/mol. The molecule has 0 aliphatic carbocycles. The molecule has 1 N–H and O–H groups in total. The molecule has 2 aromatic heterocycles. The highest BCUT2D eigenvalue weighted by atomic mass is 16.5. The lowest BCUT2D eigenvalue weighted by Crippen LogP contribution is -2.43. The van der Waals surface area contributed by atoms with E-state index in [0.29, 0.717) is 5.89 Å². The van der Waals surface area contributed by atoms with Gasteiger partial charge in [0.15, 0.2) is 12.4 Å². The van der Waals surface area contributed by atoms with Crippen molar-refractivity contribution in [1.82, 2.24) is 15.5 Å². The Kier molecular flexibility index (Phi) is 5.43. The lowest BCUT2D eigenvalue weighted by atomic mass is 10.1. The molecule has 0 unspecified atom stereocenters. The predicted molar refractivity (Wildman–Crippen MR) is 88.9 cm³/mol. The molecule has 3 aromatic rings. The van der Waals surface area contributed by atoms with Gasteiger partial charge in [-0.05, 0) is 17.7 Å². The first-order chi connectivity index (χ1) is 12.6. The van der Waals surface area contributed by atoms with E-state index in [9.17, 15) is 9.59 Å². The third-order valence-electron chi connectivity index (χ3n) is 3.52. The Bertz CT molecular complexity index is 858. The molecule has 0 aliphatic heterocycles. The van der Waals surface area contributed by atoms with Crippen LogP contribution in [0.15, 0.2) is 57.6 Å². The summed E-state index contributed by atoms with van der Waals surface area (Å²) >= 11 is 0. The van der Waals surface area contributed by atoms with Gasteiger partial charge in [-0.3, -0.25) is 4.79 Å². The zero-order valence-electron chi connectivity index (χ0n) is 14.0. The second kappa shape index (κ2) is 8.11. The van der Waals surface area contributed by atoms with Crippen molar-refractivity contribution in [3.05, 3.63) is 71.8 Å². The zero-order valence-corrected chi connectivity index (χ0v) is 14.0. The van der Waals surface area contributed by atoms with E-state index in [4.69, 9.17) is 13.6 Å². The van der Waals surface area contributed by atoms with Crippen molar-refractivity contribution < 1.29 is 23.2 Å². The SMILES string of the molecule is Cc1nnc(COC(=O)[C@@H](Cc2ccccc2)NC(=O)c2ccco2)o1. The van der Waals surface area contributed by atoms with Gasteiger partial charge in [0.1, 0.15) is 6.04 Å². The van der Waals surface area contributed by atoms with Gasteiger partial charge in [-0.15, -0.1) is 10.2 Å². The largest absolute Gasteiger partial charge is 0.459 e. The van der Waals surface area contributed by atoms with Crippen LogP contribution in [0, 0.1) is 6.92 Å². The Labute approximate surface area is 149 Å². The average Bonchev–Trinajstić information content (AvgIpc) is 3.32. The van der Waals surface area contributed by atoms with Crippen LogP contribution in [0.5, 0.6) is 0 Å². The molecule has 0 spiro atoms. The minimum Gasteiger partial charge on any atom is -0.459 e. The van der Waals surface area contributed by atoms with Crippen molar-refractivity contribution in [3.63, 3.8) is 0 Å². The fourth-order valence-electron chi connectivity index (χ4n) is 2.31. The van der Waals surface area contributed by atoms with Gasteiger partial charge < -0.3 is 18.9 Å². The van der Waals surface area contributed by atoms with Gasteiger partial charge in [0, 0.05) is 13.3 Å². The molecule has 2 heterocycles. The van der Waals surface area contributed by atoms with Crippen LogP contribution in [-0.4, -0.2) is 28.1 Å². The summed E-state index contributed by atoms with van der Waals surface area (Å²) in [5.74, 6) is -0.427. The van der Waals surface area contributed by atoms with Crippen molar-refractivity contribution in [3.8, 4) is 0 Å². The molecular weight excluding hydrogens is 338 g/mol.